The van der Waals surface area contributed by atoms with Gasteiger partial charge in [-0.15, -0.1) is 0 Å². The van der Waals surface area contributed by atoms with Crippen LogP contribution >= 0.6 is 0 Å². The summed E-state index contributed by atoms with van der Waals surface area (Å²) in [5, 5.41) is 1.13. The van der Waals surface area contributed by atoms with Gasteiger partial charge in [0.25, 0.3) is 0 Å². The molecule has 1 atom stereocenters. The molecule has 28 heavy (non-hydrogen) atoms. The van der Waals surface area contributed by atoms with Crippen LogP contribution in [0.5, 0.6) is 0 Å². The van der Waals surface area contributed by atoms with Crippen molar-refractivity contribution in [1.29, 1.82) is 0 Å². The predicted molar refractivity (Wildman–Crippen MR) is 112 cm³/mol. The summed E-state index contributed by atoms with van der Waals surface area (Å²) in [5.41, 5.74) is 0.887. The topological polar surface area (TPSA) is 65.1 Å². The molecular weight excluding hydrogens is 374 g/mol. The van der Waals surface area contributed by atoms with E-state index in [1.807, 2.05) is 43.4 Å². The highest BCUT2D eigenvalue weighted by Crippen LogP contribution is 2.37. The van der Waals surface area contributed by atoms with Crippen molar-refractivity contribution in [1.82, 2.24) is 5.06 Å². The lowest BCUT2D eigenvalue weighted by Crippen LogP contribution is -2.51. The molecule has 0 spiro atoms. The molecule has 0 N–H and O–H groups in total. The minimum absolute atomic E-state index is 0.102. The van der Waals surface area contributed by atoms with Crippen molar-refractivity contribution in [2.75, 3.05) is 6.61 Å². The molecule has 0 bridgehead atoms. The normalized spacial score (nSPS) is 13.2. The fourth-order valence-electron chi connectivity index (χ4n) is 1.94. The predicted octanol–water partition coefficient (Wildman–Crippen LogP) is 5.07. The molecule has 7 heteroatoms. The summed E-state index contributed by atoms with van der Waals surface area (Å²) < 4.78 is 16.6. The van der Waals surface area contributed by atoms with Crippen LogP contribution in [0.4, 0.5) is 4.79 Å². The van der Waals surface area contributed by atoms with E-state index in [9.17, 15) is 9.59 Å². The molecule has 1 aromatic rings. The summed E-state index contributed by atoms with van der Waals surface area (Å²) >= 11 is 0. The van der Waals surface area contributed by atoms with Crippen molar-refractivity contribution in [3.8, 4) is 0 Å². The Hall–Kier alpha value is -2.12. The monoisotopic (exact) mass is 407 g/mol. The van der Waals surface area contributed by atoms with E-state index in [1.54, 1.807) is 19.9 Å². The Morgan fingerprint density at radius 1 is 1.14 bits per heavy atom. The molecule has 0 unspecified atom stereocenters. The van der Waals surface area contributed by atoms with E-state index in [1.165, 1.54) is 11.1 Å². The highest BCUT2D eigenvalue weighted by molar-refractivity contribution is 6.74. The Morgan fingerprint density at radius 3 is 2.29 bits per heavy atom. The number of hydroxylamine groups is 2. The maximum absolute atomic E-state index is 12.8. The van der Waals surface area contributed by atoms with Crippen LogP contribution in [0.15, 0.2) is 42.5 Å². The molecule has 0 heterocycles. The van der Waals surface area contributed by atoms with Crippen molar-refractivity contribution in [3.05, 3.63) is 48.0 Å². The highest BCUT2D eigenvalue weighted by atomic mass is 28.4. The Bertz CT molecular complexity index is 667. The first-order valence-corrected chi connectivity index (χ1v) is 12.4. The molecule has 156 valence electrons. The van der Waals surface area contributed by atoms with Gasteiger partial charge < -0.3 is 14.0 Å². The van der Waals surface area contributed by atoms with E-state index in [0.717, 1.165) is 5.56 Å². The van der Waals surface area contributed by atoms with E-state index in [-0.39, 0.29) is 11.6 Å². The van der Waals surface area contributed by atoms with Crippen LogP contribution in [0.25, 0.3) is 0 Å². The van der Waals surface area contributed by atoms with Gasteiger partial charge in [0.05, 0.1) is 12.6 Å². The highest BCUT2D eigenvalue weighted by Gasteiger charge is 2.42. The fourth-order valence-corrected chi connectivity index (χ4v) is 2.95. The number of hydrogen-bond donors (Lipinski definition) is 0. The van der Waals surface area contributed by atoms with Gasteiger partial charge >= 0.3 is 12.1 Å². The van der Waals surface area contributed by atoms with Gasteiger partial charge in [0.1, 0.15) is 6.61 Å². The standard InChI is InChI=1S/C21H33NO5Si/c1-8-25-19(23)15-14-17(2)22(27-28(6,7)21(3,4)5)20(24)26-16-18-12-10-9-11-13-18/h9-15,17H,8,16H2,1-7H3/b15-14+/t17-/m1/s1. The van der Waals surface area contributed by atoms with Gasteiger partial charge in [-0.1, -0.05) is 57.2 Å². The number of benzene rings is 1. The van der Waals surface area contributed by atoms with Gasteiger partial charge in [-0.3, -0.25) is 0 Å². The SMILES string of the molecule is CCOC(=O)/C=C/[C@@H](C)N(O[Si](C)(C)C(C)(C)C)C(=O)OCc1ccccc1. The second-order valence-corrected chi connectivity index (χ2v) is 12.8. The first-order valence-electron chi connectivity index (χ1n) is 9.52. The number of hydrogen-bond acceptors (Lipinski definition) is 5. The fraction of sp³-hybridized carbons (Fsp3) is 0.524. The Labute approximate surface area is 169 Å². The molecule has 6 nitrogen and oxygen atoms in total. The summed E-state index contributed by atoms with van der Waals surface area (Å²) in [4.78, 5) is 24.4. The Kier molecular flexibility index (Phi) is 8.91. The van der Waals surface area contributed by atoms with Gasteiger partial charge in [0.15, 0.2) is 0 Å². The van der Waals surface area contributed by atoms with Crippen LogP contribution in [0.1, 0.15) is 40.2 Å². The van der Waals surface area contributed by atoms with Crippen LogP contribution in [-0.4, -0.2) is 38.1 Å². The summed E-state index contributed by atoms with van der Waals surface area (Å²) in [6, 6.07) is 8.95. The van der Waals surface area contributed by atoms with Crippen molar-refractivity contribution < 1.29 is 23.6 Å². The van der Waals surface area contributed by atoms with Gasteiger partial charge in [-0.05, 0) is 37.5 Å². The second kappa shape index (κ2) is 10.4. The minimum atomic E-state index is -2.30. The number of carbonyl (C=O) groups is 2. The number of nitrogens with zero attached hydrogens (tertiary/aromatic N) is 1. The maximum Gasteiger partial charge on any atom is 0.433 e. The molecule has 0 fully saturated rings. The number of carbonyl (C=O) groups excluding carboxylic acids is 2. The second-order valence-electron chi connectivity index (χ2n) is 8.07. The zero-order valence-corrected chi connectivity index (χ0v) is 19.0. The van der Waals surface area contributed by atoms with Gasteiger partial charge in [0.2, 0.25) is 8.32 Å². The zero-order chi connectivity index (χ0) is 21.4. The summed E-state index contributed by atoms with van der Waals surface area (Å²) in [6.45, 7) is 14.3. The minimum Gasteiger partial charge on any atom is -0.463 e. The molecule has 1 rings (SSSR count). The van der Waals surface area contributed by atoms with Gasteiger partial charge in [0, 0.05) is 6.08 Å². The van der Waals surface area contributed by atoms with Crippen LogP contribution in [0, 0.1) is 0 Å². The number of esters is 1. The van der Waals surface area contributed by atoms with E-state index in [2.05, 4.69) is 20.8 Å². The molecular formula is C21H33NO5Si. The third kappa shape index (κ3) is 7.48. The largest absolute Gasteiger partial charge is 0.463 e. The lowest BCUT2D eigenvalue weighted by Gasteiger charge is -2.40. The molecule has 0 aromatic heterocycles. The van der Waals surface area contributed by atoms with E-state index < -0.39 is 26.4 Å². The van der Waals surface area contributed by atoms with Crippen molar-refractivity contribution in [2.45, 2.75) is 65.4 Å². The smallest absolute Gasteiger partial charge is 0.433 e. The van der Waals surface area contributed by atoms with Crippen LogP contribution in [0.2, 0.25) is 18.1 Å². The summed E-state index contributed by atoms with van der Waals surface area (Å²) in [5.74, 6) is -0.459. The third-order valence-corrected chi connectivity index (χ3v) is 8.95. The molecule has 0 radical (unpaired) electrons. The molecule has 0 aliphatic heterocycles. The van der Waals surface area contributed by atoms with Crippen LogP contribution < -0.4 is 0 Å². The van der Waals surface area contributed by atoms with Gasteiger partial charge in [-0.2, -0.15) is 5.06 Å². The Morgan fingerprint density at radius 2 is 1.75 bits per heavy atom. The maximum atomic E-state index is 12.8. The van der Waals surface area contributed by atoms with Crippen molar-refractivity contribution in [2.24, 2.45) is 0 Å². The average Bonchev–Trinajstić information content (AvgIpc) is 2.62. The molecule has 1 amide bonds. The molecule has 1 aromatic carbocycles. The average molecular weight is 408 g/mol. The summed E-state index contributed by atoms with van der Waals surface area (Å²) in [6.07, 6.45) is 2.30. The number of ether oxygens (including phenoxy) is 2. The molecule has 0 saturated carbocycles. The van der Waals surface area contributed by atoms with E-state index in [4.69, 9.17) is 14.0 Å². The first-order chi connectivity index (χ1) is 13.0. The van der Waals surface area contributed by atoms with E-state index in [0.29, 0.717) is 6.61 Å². The zero-order valence-electron chi connectivity index (χ0n) is 18.0. The third-order valence-electron chi connectivity index (χ3n) is 4.69. The molecule has 0 saturated heterocycles. The van der Waals surface area contributed by atoms with Crippen LogP contribution in [-0.2, 0) is 25.4 Å². The van der Waals surface area contributed by atoms with E-state index >= 15 is 0 Å². The molecule has 0 aliphatic rings. The van der Waals surface area contributed by atoms with Crippen LogP contribution in [0.3, 0.4) is 0 Å². The van der Waals surface area contributed by atoms with Crippen molar-refractivity contribution in [3.63, 3.8) is 0 Å². The van der Waals surface area contributed by atoms with Gasteiger partial charge in [-0.25, -0.2) is 9.59 Å². The Balaban J connectivity index is 2.95. The van der Waals surface area contributed by atoms with Crippen molar-refractivity contribution >= 4 is 20.4 Å². The number of amides is 1. The summed E-state index contributed by atoms with van der Waals surface area (Å²) in [7, 11) is -2.30. The number of rotatable bonds is 8. The quantitative estimate of drug-likeness (QED) is 0.260. The molecule has 0 aliphatic carbocycles. The lowest BCUT2D eigenvalue weighted by atomic mass is 10.2. The first kappa shape index (κ1) is 23.9. The lowest BCUT2D eigenvalue weighted by molar-refractivity contribution is -0.137.